The fourth-order valence-corrected chi connectivity index (χ4v) is 2.98. The number of halogens is 1. The third-order valence-corrected chi connectivity index (χ3v) is 3.71. The molecule has 0 saturated heterocycles. The molecule has 2 unspecified atom stereocenters. The zero-order valence-electron chi connectivity index (χ0n) is 9.38. The van der Waals surface area contributed by atoms with Gasteiger partial charge < -0.3 is 9.72 Å². The van der Waals surface area contributed by atoms with Crippen LogP contribution in [0.3, 0.4) is 0 Å². The van der Waals surface area contributed by atoms with Crippen molar-refractivity contribution in [3.05, 3.63) is 33.9 Å². The van der Waals surface area contributed by atoms with Gasteiger partial charge in [-0.25, -0.2) is 0 Å². The van der Waals surface area contributed by atoms with Gasteiger partial charge in [-0.05, 0) is 32.0 Å². The number of aromatic amines is 1. The molecule has 0 spiro atoms. The Morgan fingerprint density at radius 1 is 1.38 bits per heavy atom. The van der Waals surface area contributed by atoms with Gasteiger partial charge in [-0.1, -0.05) is 15.9 Å². The van der Waals surface area contributed by atoms with E-state index in [4.69, 9.17) is 4.74 Å². The molecule has 1 aromatic heterocycles. The van der Waals surface area contributed by atoms with Crippen molar-refractivity contribution >= 4 is 26.8 Å². The largest absolute Gasteiger partial charge is 0.370 e. The maximum atomic E-state index is 5.88. The van der Waals surface area contributed by atoms with Gasteiger partial charge in [-0.2, -0.15) is 0 Å². The molecule has 3 heteroatoms. The average molecular weight is 280 g/mol. The van der Waals surface area contributed by atoms with E-state index in [2.05, 4.69) is 53.0 Å². The van der Waals surface area contributed by atoms with Gasteiger partial charge in [0.05, 0.1) is 12.2 Å². The zero-order chi connectivity index (χ0) is 11.3. The van der Waals surface area contributed by atoms with Gasteiger partial charge in [0.15, 0.2) is 0 Å². The van der Waals surface area contributed by atoms with Crippen LogP contribution in [0, 0.1) is 0 Å². The summed E-state index contributed by atoms with van der Waals surface area (Å²) in [4.78, 5) is 3.50. The topological polar surface area (TPSA) is 25.0 Å². The summed E-state index contributed by atoms with van der Waals surface area (Å²) in [6, 6.07) is 6.36. The molecule has 2 heterocycles. The Morgan fingerprint density at radius 2 is 2.19 bits per heavy atom. The molecular formula is C13H14BrNO. The highest BCUT2D eigenvalue weighted by atomic mass is 79.9. The fraction of sp³-hybridized carbons (Fsp3) is 0.385. The summed E-state index contributed by atoms with van der Waals surface area (Å²) in [6.07, 6.45) is 1.47. The third-order valence-electron chi connectivity index (χ3n) is 3.22. The highest BCUT2D eigenvalue weighted by Gasteiger charge is 2.25. The minimum absolute atomic E-state index is 0.182. The molecule has 1 aliphatic rings. The van der Waals surface area contributed by atoms with E-state index < -0.39 is 0 Å². The molecule has 1 N–H and O–H groups in total. The summed E-state index contributed by atoms with van der Waals surface area (Å²) in [5.74, 6) is 0. The van der Waals surface area contributed by atoms with E-state index in [0.29, 0.717) is 6.10 Å². The Labute approximate surface area is 103 Å². The molecule has 0 amide bonds. The van der Waals surface area contributed by atoms with Crippen molar-refractivity contribution < 1.29 is 4.74 Å². The predicted octanol–water partition coefficient (Wildman–Crippen LogP) is 3.95. The predicted molar refractivity (Wildman–Crippen MR) is 68.7 cm³/mol. The highest BCUT2D eigenvalue weighted by Crippen LogP contribution is 2.36. The Kier molecular flexibility index (Phi) is 2.33. The number of benzene rings is 1. The molecule has 0 saturated carbocycles. The second-order valence-corrected chi connectivity index (χ2v) is 5.42. The summed E-state index contributed by atoms with van der Waals surface area (Å²) in [5.41, 5.74) is 3.87. The van der Waals surface area contributed by atoms with E-state index in [1.165, 1.54) is 22.2 Å². The quantitative estimate of drug-likeness (QED) is 0.776. The summed E-state index contributed by atoms with van der Waals surface area (Å²) in [5, 5.41) is 1.28. The lowest BCUT2D eigenvalue weighted by Crippen LogP contribution is -2.21. The number of nitrogens with one attached hydrogen (secondary N) is 1. The number of rotatable bonds is 0. The summed E-state index contributed by atoms with van der Waals surface area (Å²) < 4.78 is 7.00. The van der Waals surface area contributed by atoms with E-state index in [1.807, 2.05) is 0 Å². The number of H-pyrrole nitrogens is 1. The second-order valence-electron chi connectivity index (χ2n) is 4.50. The summed E-state index contributed by atoms with van der Waals surface area (Å²) in [6.45, 7) is 4.25. The second kappa shape index (κ2) is 3.60. The first-order chi connectivity index (χ1) is 7.65. The van der Waals surface area contributed by atoms with Crippen LogP contribution in [-0.2, 0) is 11.2 Å². The first-order valence-electron chi connectivity index (χ1n) is 5.60. The van der Waals surface area contributed by atoms with Gasteiger partial charge in [0.2, 0.25) is 0 Å². The number of ether oxygens (including phenoxy) is 1. The van der Waals surface area contributed by atoms with Crippen molar-refractivity contribution in [3.8, 4) is 0 Å². The molecule has 1 aromatic carbocycles. The average Bonchev–Trinajstić information content (AvgIpc) is 2.54. The van der Waals surface area contributed by atoms with Crippen LogP contribution in [0.15, 0.2) is 22.7 Å². The van der Waals surface area contributed by atoms with Crippen LogP contribution in [-0.4, -0.2) is 11.1 Å². The van der Waals surface area contributed by atoms with Crippen molar-refractivity contribution in [1.82, 2.24) is 4.98 Å². The molecule has 2 atom stereocenters. The molecular weight excluding hydrogens is 266 g/mol. The molecule has 0 bridgehead atoms. The van der Waals surface area contributed by atoms with Crippen LogP contribution < -0.4 is 0 Å². The highest BCUT2D eigenvalue weighted by molar-refractivity contribution is 9.10. The van der Waals surface area contributed by atoms with E-state index in [1.54, 1.807) is 0 Å². The van der Waals surface area contributed by atoms with E-state index in [-0.39, 0.29) is 6.10 Å². The standard InChI is InChI=1S/C13H14BrNO/c1-7-5-12-13(8(2)16-7)10-6-9(14)3-4-11(10)15-12/h3-4,6-8,15H,5H2,1-2H3. The van der Waals surface area contributed by atoms with E-state index in [0.717, 1.165) is 10.9 Å². The minimum atomic E-state index is 0.182. The van der Waals surface area contributed by atoms with Crippen molar-refractivity contribution in [2.24, 2.45) is 0 Å². The number of hydrogen-bond acceptors (Lipinski definition) is 1. The smallest absolute Gasteiger partial charge is 0.0824 e. The molecule has 1 aliphatic heterocycles. The van der Waals surface area contributed by atoms with E-state index in [9.17, 15) is 0 Å². The van der Waals surface area contributed by atoms with Gasteiger partial charge in [0, 0.05) is 33.1 Å². The number of fused-ring (bicyclic) bond motifs is 3. The Bertz CT molecular complexity index is 546. The van der Waals surface area contributed by atoms with Gasteiger partial charge in [-0.15, -0.1) is 0 Å². The van der Waals surface area contributed by atoms with Crippen molar-refractivity contribution in [2.75, 3.05) is 0 Å². The molecule has 2 aromatic rings. The van der Waals surface area contributed by atoms with Crippen LogP contribution >= 0.6 is 15.9 Å². The molecule has 0 fully saturated rings. The van der Waals surface area contributed by atoms with Crippen LogP contribution in [0.5, 0.6) is 0 Å². The van der Waals surface area contributed by atoms with Crippen LogP contribution in [0.1, 0.15) is 31.2 Å². The molecule has 3 rings (SSSR count). The van der Waals surface area contributed by atoms with Crippen molar-refractivity contribution in [1.29, 1.82) is 0 Å². The molecule has 2 nitrogen and oxygen atoms in total. The minimum Gasteiger partial charge on any atom is -0.370 e. The maximum absolute atomic E-state index is 5.88. The lowest BCUT2D eigenvalue weighted by Gasteiger charge is -2.25. The molecule has 84 valence electrons. The first kappa shape index (κ1) is 10.4. The maximum Gasteiger partial charge on any atom is 0.0824 e. The monoisotopic (exact) mass is 279 g/mol. The lowest BCUT2D eigenvalue weighted by molar-refractivity contribution is -0.00436. The summed E-state index contributed by atoms with van der Waals surface area (Å²) in [7, 11) is 0. The lowest BCUT2D eigenvalue weighted by atomic mass is 10.00. The number of hydrogen-bond donors (Lipinski definition) is 1. The van der Waals surface area contributed by atoms with Crippen molar-refractivity contribution in [3.63, 3.8) is 0 Å². The Morgan fingerprint density at radius 3 is 3.00 bits per heavy atom. The van der Waals surface area contributed by atoms with E-state index >= 15 is 0 Å². The van der Waals surface area contributed by atoms with Gasteiger partial charge in [0.25, 0.3) is 0 Å². The first-order valence-corrected chi connectivity index (χ1v) is 6.40. The van der Waals surface area contributed by atoms with Crippen LogP contribution in [0.4, 0.5) is 0 Å². The van der Waals surface area contributed by atoms with Gasteiger partial charge in [0.1, 0.15) is 0 Å². The third kappa shape index (κ3) is 1.50. The molecule has 0 aliphatic carbocycles. The zero-order valence-corrected chi connectivity index (χ0v) is 11.0. The Balaban J connectivity index is 2.27. The molecule has 0 radical (unpaired) electrons. The normalized spacial score (nSPS) is 24.7. The Hall–Kier alpha value is -0.800. The number of aromatic nitrogens is 1. The molecule has 16 heavy (non-hydrogen) atoms. The van der Waals surface area contributed by atoms with Gasteiger partial charge in [-0.3, -0.25) is 0 Å². The SMILES string of the molecule is CC1Cc2[nH]c3ccc(Br)cc3c2C(C)O1. The van der Waals surface area contributed by atoms with Crippen LogP contribution in [0.25, 0.3) is 10.9 Å². The van der Waals surface area contributed by atoms with Gasteiger partial charge >= 0.3 is 0 Å². The summed E-state index contributed by atoms with van der Waals surface area (Å²) >= 11 is 3.52. The fourth-order valence-electron chi connectivity index (χ4n) is 2.62. The van der Waals surface area contributed by atoms with Crippen molar-refractivity contribution in [2.45, 2.75) is 32.5 Å². The van der Waals surface area contributed by atoms with Crippen LogP contribution in [0.2, 0.25) is 0 Å².